The molecule has 0 radical (unpaired) electrons. The summed E-state index contributed by atoms with van der Waals surface area (Å²) in [7, 11) is 0. The van der Waals surface area contributed by atoms with Crippen molar-refractivity contribution in [3.8, 4) is 0 Å². The average Bonchev–Trinajstić information content (AvgIpc) is 2.67. The van der Waals surface area contributed by atoms with Gasteiger partial charge in [0.15, 0.2) is 0 Å². The van der Waals surface area contributed by atoms with E-state index < -0.39 is 0 Å². The Hall–Kier alpha value is -0.0800. The van der Waals surface area contributed by atoms with Crippen molar-refractivity contribution in [2.45, 2.75) is 77.5 Å². The van der Waals surface area contributed by atoms with Gasteiger partial charge in [-0.05, 0) is 53.4 Å². The van der Waals surface area contributed by atoms with Crippen LogP contribution in [-0.4, -0.2) is 40.6 Å². The van der Waals surface area contributed by atoms with E-state index in [0.717, 1.165) is 24.2 Å². The fourth-order valence-corrected chi connectivity index (χ4v) is 3.24. The van der Waals surface area contributed by atoms with E-state index in [0.29, 0.717) is 0 Å². The van der Waals surface area contributed by atoms with E-state index in [-0.39, 0.29) is 0 Å². The number of rotatable bonds is 2. The van der Waals surface area contributed by atoms with Crippen LogP contribution in [0.1, 0.15) is 53.4 Å². The van der Waals surface area contributed by atoms with Gasteiger partial charge >= 0.3 is 0 Å². The molecule has 4 atom stereocenters. The van der Waals surface area contributed by atoms with Gasteiger partial charge in [0.25, 0.3) is 0 Å². The molecule has 0 spiro atoms. The fourth-order valence-electron chi connectivity index (χ4n) is 3.24. The molecule has 0 bridgehead atoms. The minimum absolute atomic E-state index is 0.792. The van der Waals surface area contributed by atoms with E-state index in [1.807, 2.05) is 0 Å². The van der Waals surface area contributed by atoms with Crippen LogP contribution in [0.25, 0.3) is 0 Å². The third-order valence-corrected chi connectivity index (χ3v) is 4.60. The summed E-state index contributed by atoms with van der Waals surface area (Å²) in [6.45, 7) is 10.7. The summed E-state index contributed by atoms with van der Waals surface area (Å²) in [5.74, 6) is 0. The topological polar surface area (TPSA) is 6.48 Å². The lowest BCUT2D eigenvalue weighted by Crippen LogP contribution is -2.46. The SMILES string of the molecule is C[C@@H]1CC[C@@H](C)N1CN1[C@H](C)CC[C@H]1C. The highest BCUT2D eigenvalue weighted by Gasteiger charge is 2.33. The second-order valence-electron chi connectivity index (χ2n) is 5.72. The van der Waals surface area contributed by atoms with Gasteiger partial charge in [-0.1, -0.05) is 0 Å². The van der Waals surface area contributed by atoms with Crippen molar-refractivity contribution in [2.24, 2.45) is 0 Å². The highest BCUT2D eigenvalue weighted by molar-refractivity contribution is 4.87. The molecular formula is C13H26N2. The lowest BCUT2D eigenvalue weighted by molar-refractivity contribution is 0.0726. The predicted octanol–water partition coefficient (Wildman–Crippen LogP) is 2.69. The van der Waals surface area contributed by atoms with Gasteiger partial charge in [-0.2, -0.15) is 0 Å². The fraction of sp³-hybridized carbons (Fsp3) is 1.00. The highest BCUT2D eigenvalue weighted by atomic mass is 15.4. The van der Waals surface area contributed by atoms with Gasteiger partial charge in [0.2, 0.25) is 0 Å². The molecular weight excluding hydrogens is 184 g/mol. The molecule has 2 aliphatic rings. The summed E-state index contributed by atoms with van der Waals surface area (Å²) in [4.78, 5) is 5.39. The van der Waals surface area contributed by atoms with Gasteiger partial charge < -0.3 is 0 Å². The molecule has 2 saturated heterocycles. The molecule has 2 rings (SSSR count). The Morgan fingerprint density at radius 3 is 1.20 bits per heavy atom. The maximum absolute atomic E-state index is 2.69. The van der Waals surface area contributed by atoms with E-state index >= 15 is 0 Å². The summed E-state index contributed by atoms with van der Waals surface area (Å²) in [6.07, 6.45) is 5.55. The quantitative estimate of drug-likeness (QED) is 0.691. The maximum Gasteiger partial charge on any atom is 0.0516 e. The van der Waals surface area contributed by atoms with E-state index in [1.165, 1.54) is 32.4 Å². The molecule has 15 heavy (non-hydrogen) atoms. The van der Waals surface area contributed by atoms with Crippen LogP contribution >= 0.6 is 0 Å². The lowest BCUT2D eigenvalue weighted by Gasteiger charge is -2.35. The molecule has 0 N–H and O–H groups in total. The Morgan fingerprint density at radius 2 is 0.933 bits per heavy atom. The van der Waals surface area contributed by atoms with Crippen LogP contribution in [0.2, 0.25) is 0 Å². The van der Waals surface area contributed by atoms with Crippen LogP contribution in [0.3, 0.4) is 0 Å². The van der Waals surface area contributed by atoms with Crippen molar-refractivity contribution < 1.29 is 0 Å². The van der Waals surface area contributed by atoms with Crippen molar-refractivity contribution in [1.29, 1.82) is 0 Å². The molecule has 2 nitrogen and oxygen atoms in total. The Balaban J connectivity index is 1.95. The van der Waals surface area contributed by atoms with Gasteiger partial charge in [0.05, 0.1) is 6.67 Å². The third kappa shape index (κ3) is 2.21. The monoisotopic (exact) mass is 210 g/mol. The maximum atomic E-state index is 2.69. The number of nitrogens with zero attached hydrogens (tertiary/aromatic N) is 2. The molecule has 88 valence electrons. The zero-order valence-corrected chi connectivity index (χ0v) is 10.7. The lowest BCUT2D eigenvalue weighted by atomic mass is 10.2. The Morgan fingerprint density at radius 1 is 0.667 bits per heavy atom. The standard InChI is InChI=1S/C13H26N2/c1-10-5-6-11(2)14(10)9-15-12(3)7-8-13(15)4/h10-13H,5-9H2,1-4H3/t10-,11-,12-,13-/m1/s1. The summed E-state index contributed by atoms with van der Waals surface area (Å²) in [5, 5.41) is 0. The van der Waals surface area contributed by atoms with Crippen molar-refractivity contribution in [1.82, 2.24) is 9.80 Å². The van der Waals surface area contributed by atoms with Crippen LogP contribution < -0.4 is 0 Å². The van der Waals surface area contributed by atoms with Crippen molar-refractivity contribution in [3.05, 3.63) is 0 Å². The molecule has 0 aromatic carbocycles. The molecule has 2 heteroatoms. The molecule has 2 fully saturated rings. The Bertz CT molecular complexity index is 175. The smallest absolute Gasteiger partial charge is 0.0516 e. The zero-order chi connectivity index (χ0) is 11.0. The summed E-state index contributed by atoms with van der Waals surface area (Å²) in [6, 6.07) is 3.17. The van der Waals surface area contributed by atoms with Gasteiger partial charge in [-0.25, -0.2) is 0 Å². The van der Waals surface area contributed by atoms with Gasteiger partial charge in [-0.15, -0.1) is 0 Å². The normalized spacial score (nSPS) is 44.0. The second-order valence-corrected chi connectivity index (χ2v) is 5.72. The van der Waals surface area contributed by atoms with Crippen molar-refractivity contribution >= 4 is 0 Å². The minimum Gasteiger partial charge on any atom is -0.285 e. The predicted molar refractivity (Wildman–Crippen MR) is 64.9 cm³/mol. The summed E-state index contributed by atoms with van der Waals surface area (Å²) in [5.41, 5.74) is 0. The van der Waals surface area contributed by atoms with Crippen LogP contribution in [0.5, 0.6) is 0 Å². The molecule has 0 aromatic heterocycles. The molecule has 0 aromatic rings. The van der Waals surface area contributed by atoms with Crippen LogP contribution in [0.4, 0.5) is 0 Å². The van der Waals surface area contributed by atoms with Crippen LogP contribution in [0.15, 0.2) is 0 Å². The van der Waals surface area contributed by atoms with E-state index in [1.54, 1.807) is 0 Å². The van der Waals surface area contributed by atoms with E-state index in [4.69, 9.17) is 0 Å². The van der Waals surface area contributed by atoms with Gasteiger partial charge in [0, 0.05) is 24.2 Å². The summed E-state index contributed by atoms with van der Waals surface area (Å²) >= 11 is 0. The molecule has 0 saturated carbocycles. The Labute approximate surface area is 94.6 Å². The third-order valence-electron chi connectivity index (χ3n) is 4.60. The molecule has 0 aliphatic carbocycles. The second kappa shape index (κ2) is 4.42. The highest BCUT2D eigenvalue weighted by Crippen LogP contribution is 2.28. The minimum atomic E-state index is 0.792. The number of hydrogen-bond acceptors (Lipinski definition) is 2. The van der Waals surface area contributed by atoms with Crippen molar-refractivity contribution in [2.75, 3.05) is 6.67 Å². The van der Waals surface area contributed by atoms with Crippen LogP contribution in [0, 0.1) is 0 Å². The first-order chi connectivity index (χ1) is 7.09. The van der Waals surface area contributed by atoms with Gasteiger partial charge in [0.1, 0.15) is 0 Å². The Kier molecular flexibility index (Phi) is 3.36. The number of likely N-dealkylation sites (tertiary alicyclic amines) is 2. The van der Waals surface area contributed by atoms with Crippen molar-refractivity contribution in [3.63, 3.8) is 0 Å². The van der Waals surface area contributed by atoms with Gasteiger partial charge in [-0.3, -0.25) is 9.80 Å². The zero-order valence-electron chi connectivity index (χ0n) is 10.7. The molecule has 0 amide bonds. The van der Waals surface area contributed by atoms with Crippen LogP contribution in [-0.2, 0) is 0 Å². The summed E-state index contributed by atoms with van der Waals surface area (Å²) < 4.78 is 0. The van der Waals surface area contributed by atoms with E-state index in [2.05, 4.69) is 37.5 Å². The average molecular weight is 210 g/mol. The molecule has 2 heterocycles. The molecule has 2 aliphatic heterocycles. The number of hydrogen-bond donors (Lipinski definition) is 0. The first kappa shape index (κ1) is 11.4. The first-order valence-electron chi connectivity index (χ1n) is 6.61. The van der Waals surface area contributed by atoms with E-state index in [9.17, 15) is 0 Å². The first-order valence-corrected chi connectivity index (χ1v) is 6.61. The molecule has 0 unspecified atom stereocenters. The largest absolute Gasteiger partial charge is 0.285 e.